The van der Waals surface area contributed by atoms with Gasteiger partial charge in [-0.15, -0.1) is 0 Å². The van der Waals surface area contributed by atoms with Crippen LogP contribution in [0.5, 0.6) is 0 Å². The Labute approximate surface area is 128 Å². The summed E-state index contributed by atoms with van der Waals surface area (Å²) in [5, 5.41) is 4.21. The van der Waals surface area contributed by atoms with Gasteiger partial charge < -0.3 is 15.1 Å². The zero-order chi connectivity index (χ0) is 14.7. The van der Waals surface area contributed by atoms with Crippen molar-refractivity contribution < 1.29 is 0 Å². The number of anilines is 1. The first-order chi connectivity index (χ1) is 9.47. The van der Waals surface area contributed by atoms with Gasteiger partial charge in [-0.3, -0.25) is 0 Å². The average molecular weight is 291 g/mol. The van der Waals surface area contributed by atoms with Gasteiger partial charge in [0.2, 0.25) is 0 Å². The fraction of sp³-hybridized carbons (Fsp3) is 0.562. The fourth-order valence-electron chi connectivity index (χ4n) is 2.71. The van der Waals surface area contributed by atoms with Gasteiger partial charge in [0.05, 0.1) is 0 Å². The Morgan fingerprint density at radius 3 is 2.55 bits per heavy atom. The van der Waals surface area contributed by atoms with Crippen LogP contribution >= 0.6 is 12.2 Å². The van der Waals surface area contributed by atoms with Crippen LogP contribution in [0.3, 0.4) is 0 Å². The minimum Gasteiger partial charge on any atom is -0.349 e. The summed E-state index contributed by atoms with van der Waals surface area (Å²) in [7, 11) is 4.29. The lowest BCUT2D eigenvalue weighted by molar-refractivity contribution is 0.193. The van der Waals surface area contributed by atoms with Crippen LogP contribution in [-0.2, 0) is 0 Å². The molecule has 1 aliphatic heterocycles. The Kier molecular flexibility index (Phi) is 5.00. The molecule has 1 heterocycles. The summed E-state index contributed by atoms with van der Waals surface area (Å²) in [5.74, 6) is 0. The van der Waals surface area contributed by atoms with E-state index < -0.39 is 0 Å². The maximum atomic E-state index is 5.56. The van der Waals surface area contributed by atoms with Crippen molar-refractivity contribution in [1.82, 2.24) is 9.80 Å². The van der Waals surface area contributed by atoms with Crippen molar-refractivity contribution in [3.8, 4) is 0 Å². The van der Waals surface area contributed by atoms with Gasteiger partial charge in [0.15, 0.2) is 5.11 Å². The lowest BCUT2D eigenvalue weighted by Crippen LogP contribution is -2.45. The molecule has 1 N–H and O–H groups in total. The van der Waals surface area contributed by atoms with E-state index in [9.17, 15) is 0 Å². The molecule has 110 valence electrons. The maximum Gasteiger partial charge on any atom is 0.173 e. The van der Waals surface area contributed by atoms with Crippen LogP contribution in [0.4, 0.5) is 5.69 Å². The summed E-state index contributed by atoms with van der Waals surface area (Å²) < 4.78 is 0. The van der Waals surface area contributed by atoms with Crippen molar-refractivity contribution in [2.45, 2.75) is 32.7 Å². The molecule has 0 atom stereocenters. The Balaban J connectivity index is 1.97. The summed E-state index contributed by atoms with van der Waals surface area (Å²) >= 11 is 5.56. The van der Waals surface area contributed by atoms with Crippen molar-refractivity contribution in [2.75, 3.05) is 32.5 Å². The van der Waals surface area contributed by atoms with E-state index >= 15 is 0 Å². The molecule has 0 unspecified atom stereocenters. The first-order valence-electron chi connectivity index (χ1n) is 7.27. The lowest BCUT2D eigenvalue weighted by Gasteiger charge is -2.36. The van der Waals surface area contributed by atoms with Crippen LogP contribution in [0.2, 0.25) is 0 Å². The van der Waals surface area contributed by atoms with Crippen molar-refractivity contribution >= 4 is 23.0 Å². The van der Waals surface area contributed by atoms with E-state index in [0.29, 0.717) is 6.04 Å². The molecule has 2 rings (SSSR count). The van der Waals surface area contributed by atoms with Crippen LogP contribution in [-0.4, -0.2) is 48.1 Å². The SMILES string of the molecule is Cc1ccc(NC(=S)N(C)C2CCN(C)CC2)c(C)c1. The van der Waals surface area contributed by atoms with E-state index in [1.165, 1.54) is 24.0 Å². The number of aryl methyl sites for hydroxylation is 2. The van der Waals surface area contributed by atoms with E-state index in [2.05, 4.69) is 61.3 Å². The summed E-state index contributed by atoms with van der Waals surface area (Å²) in [6, 6.07) is 6.96. The number of benzene rings is 1. The molecule has 0 amide bonds. The number of nitrogens with one attached hydrogen (secondary N) is 1. The number of thiocarbonyl (C=S) groups is 1. The second-order valence-corrected chi connectivity index (χ2v) is 6.28. The van der Waals surface area contributed by atoms with Gasteiger partial charge in [-0.05, 0) is 70.7 Å². The van der Waals surface area contributed by atoms with E-state index in [-0.39, 0.29) is 0 Å². The number of piperidine rings is 1. The summed E-state index contributed by atoms with van der Waals surface area (Å²) in [6.45, 7) is 6.54. The second kappa shape index (κ2) is 6.55. The highest BCUT2D eigenvalue weighted by atomic mass is 32.1. The minimum absolute atomic E-state index is 0.553. The third-order valence-electron chi connectivity index (χ3n) is 4.18. The summed E-state index contributed by atoms with van der Waals surface area (Å²) in [6.07, 6.45) is 2.36. The van der Waals surface area contributed by atoms with Gasteiger partial charge in [-0.1, -0.05) is 17.7 Å². The molecule has 3 nitrogen and oxygen atoms in total. The quantitative estimate of drug-likeness (QED) is 0.844. The Hall–Kier alpha value is -1.13. The third kappa shape index (κ3) is 3.70. The normalized spacial score (nSPS) is 17.0. The van der Waals surface area contributed by atoms with E-state index in [4.69, 9.17) is 12.2 Å². The highest BCUT2D eigenvalue weighted by molar-refractivity contribution is 7.80. The molecular weight excluding hydrogens is 266 g/mol. The molecular formula is C16H25N3S. The fourth-order valence-corrected chi connectivity index (χ4v) is 2.96. The monoisotopic (exact) mass is 291 g/mol. The smallest absolute Gasteiger partial charge is 0.173 e. The zero-order valence-electron chi connectivity index (χ0n) is 12.9. The number of rotatable bonds is 2. The van der Waals surface area contributed by atoms with Crippen LogP contribution in [0.1, 0.15) is 24.0 Å². The topological polar surface area (TPSA) is 18.5 Å². The first-order valence-corrected chi connectivity index (χ1v) is 7.68. The number of likely N-dealkylation sites (tertiary alicyclic amines) is 1. The standard InChI is InChI=1S/C16H25N3S/c1-12-5-6-15(13(2)11-12)17-16(20)19(4)14-7-9-18(3)10-8-14/h5-6,11,14H,7-10H2,1-4H3,(H,17,20). The van der Waals surface area contributed by atoms with Crippen LogP contribution < -0.4 is 5.32 Å². The summed E-state index contributed by atoms with van der Waals surface area (Å²) in [5.41, 5.74) is 3.63. The third-order valence-corrected chi connectivity index (χ3v) is 4.57. The highest BCUT2D eigenvalue weighted by Gasteiger charge is 2.22. The molecule has 0 bridgehead atoms. The largest absolute Gasteiger partial charge is 0.349 e. The molecule has 0 radical (unpaired) electrons. The van der Waals surface area contributed by atoms with Crippen molar-refractivity contribution in [1.29, 1.82) is 0 Å². The molecule has 0 aromatic heterocycles. The van der Waals surface area contributed by atoms with Crippen LogP contribution in [0.15, 0.2) is 18.2 Å². The Bertz CT molecular complexity index is 479. The van der Waals surface area contributed by atoms with E-state index in [0.717, 1.165) is 23.9 Å². The molecule has 0 saturated carbocycles. The van der Waals surface area contributed by atoms with Crippen molar-refractivity contribution in [3.05, 3.63) is 29.3 Å². The van der Waals surface area contributed by atoms with Crippen molar-refractivity contribution in [3.63, 3.8) is 0 Å². The van der Waals surface area contributed by atoms with E-state index in [1.807, 2.05) is 0 Å². The first kappa shape index (κ1) is 15.3. The van der Waals surface area contributed by atoms with Gasteiger partial charge in [-0.25, -0.2) is 0 Å². The lowest BCUT2D eigenvalue weighted by atomic mass is 10.0. The molecule has 0 aliphatic carbocycles. The molecule has 4 heteroatoms. The number of hydrogen-bond acceptors (Lipinski definition) is 2. The van der Waals surface area contributed by atoms with Gasteiger partial charge in [0.1, 0.15) is 0 Å². The predicted molar refractivity (Wildman–Crippen MR) is 90.4 cm³/mol. The van der Waals surface area contributed by atoms with Crippen LogP contribution in [0, 0.1) is 13.8 Å². The molecule has 1 aliphatic rings. The predicted octanol–water partition coefficient (Wildman–Crippen LogP) is 3.03. The summed E-state index contributed by atoms with van der Waals surface area (Å²) in [4.78, 5) is 4.60. The minimum atomic E-state index is 0.553. The molecule has 1 aromatic rings. The molecule has 0 spiro atoms. The van der Waals surface area contributed by atoms with E-state index in [1.54, 1.807) is 0 Å². The van der Waals surface area contributed by atoms with Crippen LogP contribution in [0.25, 0.3) is 0 Å². The molecule has 1 saturated heterocycles. The number of hydrogen-bond donors (Lipinski definition) is 1. The van der Waals surface area contributed by atoms with Crippen molar-refractivity contribution in [2.24, 2.45) is 0 Å². The van der Waals surface area contributed by atoms with Gasteiger partial charge in [0.25, 0.3) is 0 Å². The average Bonchev–Trinajstić information content (AvgIpc) is 2.42. The number of nitrogens with zero attached hydrogens (tertiary/aromatic N) is 2. The molecule has 1 aromatic carbocycles. The maximum absolute atomic E-state index is 5.56. The van der Waals surface area contributed by atoms with Gasteiger partial charge in [0, 0.05) is 18.8 Å². The zero-order valence-corrected chi connectivity index (χ0v) is 13.8. The molecule has 20 heavy (non-hydrogen) atoms. The second-order valence-electron chi connectivity index (χ2n) is 5.89. The van der Waals surface area contributed by atoms with Gasteiger partial charge in [-0.2, -0.15) is 0 Å². The Morgan fingerprint density at radius 1 is 1.30 bits per heavy atom. The molecule has 1 fully saturated rings. The van der Waals surface area contributed by atoms with Gasteiger partial charge >= 0.3 is 0 Å². The Morgan fingerprint density at radius 2 is 1.95 bits per heavy atom. The highest BCUT2D eigenvalue weighted by Crippen LogP contribution is 2.19.